The molecular formula is C26H30N4O4S. The number of hydrogen-bond donors (Lipinski definition) is 2. The van der Waals surface area contributed by atoms with Gasteiger partial charge in [-0.15, -0.1) is 0 Å². The highest BCUT2D eigenvalue weighted by Gasteiger charge is 2.34. The van der Waals surface area contributed by atoms with Crippen molar-refractivity contribution in [2.45, 2.75) is 6.04 Å². The van der Waals surface area contributed by atoms with Gasteiger partial charge >= 0.3 is 0 Å². The first kappa shape index (κ1) is 25.1. The molecule has 4 rings (SSSR count). The molecule has 2 aromatic rings. The van der Waals surface area contributed by atoms with Crippen molar-refractivity contribution < 1.29 is 19.1 Å². The Bertz CT molecular complexity index is 1040. The van der Waals surface area contributed by atoms with Gasteiger partial charge in [0.15, 0.2) is 0 Å². The number of amides is 3. The van der Waals surface area contributed by atoms with Gasteiger partial charge in [-0.25, -0.2) is 0 Å². The second-order valence-electron chi connectivity index (χ2n) is 8.35. The molecular weight excluding hydrogens is 464 g/mol. The number of benzene rings is 2. The Morgan fingerprint density at radius 1 is 1.03 bits per heavy atom. The molecule has 35 heavy (non-hydrogen) atoms. The summed E-state index contributed by atoms with van der Waals surface area (Å²) in [5.74, 6) is -0.509. The van der Waals surface area contributed by atoms with Gasteiger partial charge in [0.05, 0.1) is 24.7 Å². The van der Waals surface area contributed by atoms with E-state index < -0.39 is 0 Å². The summed E-state index contributed by atoms with van der Waals surface area (Å²) in [4.78, 5) is 41.3. The van der Waals surface area contributed by atoms with Crippen LogP contribution in [0.15, 0.2) is 65.6 Å². The van der Waals surface area contributed by atoms with Gasteiger partial charge in [0, 0.05) is 38.8 Å². The van der Waals surface area contributed by atoms with Gasteiger partial charge in [0.1, 0.15) is 0 Å². The lowest BCUT2D eigenvalue weighted by Gasteiger charge is -2.31. The number of morpholine rings is 1. The number of ether oxygens (including phenoxy) is 1. The minimum Gasteiger partial charge on any atom is -0.379 e. The van der Waals surface area contributed by atoms with Gasteiger partial charge in [-0.3, -0.25) is 24.2 Å². The molecule has 0 bridgehead atoms. The molecule has 0 unspecified atom stereocenters. The summed E-state index contributed by atoms with van der Waals surface area (Å²) < 4.78 is 5.44. The molecule has 9 heteroatoms. The van der Waals surface area contributed by atoms with E-state index in [1.54, 1.807) is 6.08 Å². The van der Waals surface area contributed by atoms with Crippen molar-refractivity contribution in [3.05, 3.63) is 76.7 Å². The molecule has 0 aromatic heterocycles. The lowest BCUT2D eigenvalue weighted by molar-refractivity contribution is -0.124. The van der Waals surface area contributed by atoms with Gasteiger partial charge in [-0.2, -0.15) is 0 Å². The van der Waals surface area contributed by atoms with Crippen molar-refractivity contribution >= 4 is 34.9 Å². The van der Waals surface area contributed by atoms with Gasteiger partial charge in [0.2, 0.25) is 5.91 Å². The molecule has 0 spiro atoms. The standard InChI is InChI=1S/C26H30N4O4S/c31-24(18-28-22(21-9-5-2-6-10-21)19-29-13-15-34-16-14-29)27-11-12-30-25(32)23(35-26(30)33)17-20-7-3-1-4-8-20/h1-10,17,22,28H,11-16,18-19H2,(H,27,31)/b23-17+/t22-/m0/s1. The maximum absolute atomic E-state index is 12.6. The van der Waals surface area contributed by atoms with E-state index in [1.165, 1.54) is 4.90 Å². The average molecular weight is 495 g/mol. The zero-order valence-corrected chi connectivity index (χ0v) is 20.3. The lowest BCUT2D eigenvalue weighted by atomic mass is 10.1. The highest BCUT2D eigenvalue weighted by molar-refractivity contribution is 8.18. The fourth-order valence-corrected chi connectivity index (χ4v) is 4.86. The van der Waals surface area contributed by atoms with E-state index in [0.29, 0.717) is 4.91 Å². The molecule has 2 aliphatic heterocycles. The molecule has 0 saturated carbocycles. The van der Waals surface area contributed by atoms with Crippen LogP contribution < -0.4 is 10.6 Å². The SMILES string of the molecule is O=C(CN[C@@H](CN1CCOCC1)c1ccccc1)NCCN1C(=O)S/C(=C/c2ccccc2)C1=O. The van der Waals surface area contributed by atoms with Crippen LogP contribution in [0.1, 0.15) is 17.2 Å². The summed E-state index contributed by atoms with van der Waals surface area (Å²) in [7, 11) is 0. The molecule has 3 amide bonds. The lowest BCUT2D eigenvalue weighted by Crippen LogP contribution is -2.45. The Labute approximate surface area is 209 Å². The van der Waals surface area contributed by atoms with E-state index in [2.05, 4.69) is 27.7 Å². The first-order valence-corrected chi connectivity index (χ1v) is 12.6. The largest absolute Gasteiger partial charge is 0.379 e. The van der Waals surface area contributed by atoms with Gasteiger partial charge in [-0.1, -0.05) is 60.7 Å². The van der Waals surface area contributed by atoms with E-state index in [-0.39, 0.29) is 42.7 Å². The Morgan fingerprint density at radius 2 is 1.71 bits per heavy atom. The van der Waals surface area contributed by atoms with Crippen molar-refractivity contribution in [3.63, 3.8) is 0 Å². The molecule has 1 atom stereocenters. The van der Waals surface area contributed by atoms with Crippen LogP contribution in [0.3, 0.4) is 0 Å². The van der Waals surface area contributed by atoms with E-state index >= 15 is 0 Å². The number of nitrogens with zero attached hydrogens (tertiary/aromatic N) is 2. The van der Waals surface area contributed by atoms with Crippen LogP contribution in [0.5, 0.6) is 0 Å². The van der Waals surface area contributed by atoms with Crippen LogP contribution in [0.4, 0.5) is 4.79 Å². The molecule has 2 saturated heterocycles. The molecule has 0 radical (unpaired) electrons. The van der Waals surface area contributed by atoms with Crippen LogP contribution >= 0.6 is 11.8 Å². The normalized spacial score (nSPS) is 18.7. The molecule has 2 heterocycles. The predicted molar refractivity (Wildman–Crippen MR) is 137 cm³/mol. The van der Waals surface area contributed by atoms with Gasteiger partial charge in [0.25, 0.3) is 11.1 Å². The van der Waals surface area contributed by atoms with Crippen LogP contribution in [0, 0.1) is 0 Å². The zero-order valence-electron chi connectivity index (χ0n) is 19.5. The summed E-state index contributed by atoms with van der Waals surface area (Å²) in [6, 6.07) is 19.5. The third-order valence-corrected chi connectivity index (χ3v) is 6.79. The first-order chi connectivity index (χ1) is 17.1. The van der Waals surface area contributed by atoms with Crippen molar-refractivity contribution in [1.29, 1.82) is 0 Å². The first-order valence-electron chi connectivity index (χ1n) is 11.8. The second-order valence-corrected chi connectivity index (χ2v) is 9.34. The van der Waals surface area contributed by atoms with Gasteiger partial charge in [-0.05, 0) is 29.0 Å². The maximum Gasteiger partial charge on any atom is 0.293 e. The smallest absolute Gasteiger partial charge is 0.293 e. The number of thioether (sulfide) groups is 1. The summed E-state index contributed by atoms with van der Waals surface area (Å²) in [5, 5.41) is 5.85. The van der Waals surface area contributed by atoms with E-state index in [4.69, 9.17) is 4.74 Å². The number of imide groups is 1. The highest BCUT2D eigenvalue weighted by Crippen LogP contribution is 2.31. The Morgan fingerprint density at radius 3 is 2.43 bits per heavy atom. The predicted octanol–water partition coefficient (Wildman–Crippen LogP) is 2.50. The van der Waals surface area contributed by atoms with E-state index in [1.807, 2.05) is 48.5 Å². The van der Waals surface area contributed by atoms with Crippen molar-refractivity contribution in [2.75, 3.05) is 52.5 Å². The highest BCUT2D eigenvalue weighted by atomic mass is 32.2. The fraction of sp³-hybridized carbons (Fsp3) is 0.346. The summed E-state index contributed by atoms with van der Waals surface area (Å²) in [6.45, 7) is 4.44. The number of nitrogens with one attached hydrogen (secondary N) is 2. The average Bonchev–Trinajstić information content (AvgIpc) is 3.15. The summed E-state index contributed by atoms with van der Waals surface area (Å²) >= 11 is 0.924. The Hall–Kier alpha value is -2.98. The van der Waals surface area contributed by atoms with E-state index in [9.17, 15) is 14.4 Å². The molecule has 8 nitrogen and oxygen atoms in total. The summed E-state index contributed by atoms with van der Waals surface area (Å²) in [5.41, 5.74) is 1.98. The minimum atomic E-state index is -0.328. The van der Waals surface area contributed by atoms with Crippen LogP contribution in [0.25, 0.3) is 6.08 Å². The second kappa shape index (κ2) is 12.6. The molecule has 2 fully saturated rings. The third kappa shape index (κ3) is 7.25. The number of rotatable bonds is 10. The monoisotopic (exact) mass is 494 g/mol. The molecule has 184 valence electrons. The number of hydrogen-bond acceptors (Lipinski definition) is 7. The van der Waals surface area contributed by atoms with Crippen LogP contribution in [0.2, 0.25) is 0 Å². The Kier molecular flexibility index (Phi) is 9.08. The van der Waals surface area contributed by atoms with Crippen LogP contribution in [-0.2, 0) is 14.3 Å². The fourth-order valence-electron chi connectivity index (χ4n) is 3.99. The minimum absolute atomic E-state index is 0.00358. The van der Waals surface area contributed by atoms with Crippen molar-refractivity contribution in [1.82, 2.24) is 20.4 Å². The molecule has 2 N–H and O–H groups in total. The third-order valence-electron chi connectivity index (χ3n) is 5.88. The maximum atomic E-state index is 12.6. The van der Waals surface area contributed by atoms with E-state index in [0.717, 1.165) is 55.7 Å². The van der Waals surface area contributed by atoms with Crippen LogP contribution in [-0.4, -0.2) is 79.3 Å². The molecule has 0 aliphatic carbocycles. The quantitative estimate of drug-likeness (QED) is 0.491. The van der Waals surface area contributed by atoms with Gasteiger partial charge < -0.3 is 15.4 Å². The Balaban J connectivity index is 1.25. The molecule has 2 aromatic carbocycles. The zero-order chi connectivity index (χ0) is 24.5. The van der Waals surface area contributed by atoms with Crippen molar-refractivity contribution in [2.24, 2.45) is 0 Å². The number of carbonyl (C=O) groups excluding carboxylic acids is 3. The van der Waals surface area contributed by atoms with Crippen molar-refractivity contribution in [3.8, 4) is 0 Å². The number of carbonyl (C=O) groups is 3. The summed E-state index contributed by atoms with van der Waals surface area (Å²) in [6.07, 6.45) is 1.71. The molecule has 2 aliphatic rings. The topological polar surface area (TPSA) is 91.0 Å².